The number of rotatable bonds is 13. The number of nitrogens with one attached hydrogen (secondary N) is 3. The van der Waals surface area contributed by atoms with Gasteiger partial charge in [-0.25, -0.2) is 4.79 Å². The van der Waals surface area contributed by atoms with Crippen molar-refractivity contribution < 1.29 is 49.5 Å². The Morgan fingerprint density at radius 1 is 0.788 bits per heavy atom. The third kappa shape index (κ3) is 9.10. The molecule has 4 unspecified atom stereocenters. The van der Waals surface area contributed by atoms with E-state index in [1.54, 1.807) is 0 Å². The van der Waals surface area contributed by atoms with Gasteiger partial charge in [-0.05, 0) is 17.7 Å². The van der Waals surface area contributed by atoms with Gasteiger partial charge in [0.05, 0.1) is 19.6 Å². The van der Waals surface area contributed by atoms with Gasteiger partial charge in [-0.1, -0.05) is 12.1 Å². The number of benzene rings is 1. The smallest absolute Gasteiger partial charge is 0.328 e. The topological polar surface area (TPSA) is 249 Å². The molecule has 0 radical (unpaired) electrons. The number of hydrogen-bond donors (Lipinski definition) is 9. The van der Waals surface area contributed by atoms with Gasteiger partial charge in [0.2, 0.25) is 17.7 Å². The Morgan fingerprint density at radius 2 is 1.30 bits per heavy atom. The molecule has 0 spiro atoms. The summed E-state index contributed by atoms with van der Waals surface area (Å²) in [4.78, 5) is 59.4. The molecule has 10 N–H and O–H groups in total. The SMILES string of the molecule is NC(CO)C(=O)NC(Cc1ccc(O)cc1)C(=O)NC(CC(=O)O)C(=O)NC(CO)C(=O)O. The molecule has 182 valence electrons. The van der Waals surface area contributed by atoms with Crippen molar-refractivity contribution in [2.45, 2.75) is 37.0 Å². The number of aliphatic hydroxyl groups is 2. The lowest BCUT2D eigenvalue weighted by Crippen LogP contribution is -2.58. The van der Waals surface area contributed by atoms with E-state index in [1.807, 2.05) is 5.32 Å². The van der Waals surface area contributed by atoms with E-state index in [0.717, 1.165) is 0 Å². The van der Waals surface area contributed by atoms with E-state index in [0.29, 0.717) is 5.56 Å². The highest BCUT2D eigenvalue weighted by Gasteiger charge is 2.31. The van der Waals surface area contributed by atoms with Crippen molar-refractivity contribution in [3.8, 4) is 5.75 Å². The third-order valence-electron chi connectivity index (χ3n) is 4.35. The minimum atomic E-state index is -1.74. The van der Waals surface area contributed by atoms with Crippen LogP contribution in [0.1, 0.15) is 12.0 Å². The number of carbonyl (C=O) groups excluding carboxylic acids is 3. The molecule has 0 heterocycles. The number of carboxylic acid groups (broad SMARTS) is 2. The third-order valence-corrected chi connectivity index (χ3v) is 4.35. The highest BCUT2D eigenvalue weighted by atomic mass is 16.4. The minimum Gasteiger partial charge on any atom is -0.508 e. The molecule has 0 fully saturated rings. The molecule has 0 aliphatic rings. The molecule has 14 nitrogen and oxygen atoms in total. The van der Waals surface area contributed by atoms with Gasteiger partial charge >= 0.3 is 11.9 Å². The second-order valence-electron chi connectivity index (χ2n) is 6.96. The van der Waals surface area contributed by atoms with Crippen molar-refractivity contribution in [3.63, 3.8) is 0 Å². The summed E-state index contributed by atoms with van der Waals surface area (Å²) in [5, 5.41) is 51.8. The number of amides is 3. The number of hydrogen-bond acceptors (Lipinski definition) is 9. The van der Waals surface area contributed by atoms with E-state index in [2.05, 4.69) is 10.6 Å². The van der Waals surface area contributed by atoms with E-state index in [-0.39, 0.29) is 12.2 Å². The average molecular weight is 470 g/mol. The van der Waals surface area contributed by atoms with Crippen LogP contribution in [0.25, 0.3) is 0 Å². The molecule has 33 heavy (non-hydrogen) atoms. The van der Waals surface area contributed by atoms with Crippen LogP contribution in [0.4, 0.5) is 0 Å². The molecular formula is C19H26N4O10. The number of phenols is 1. The second-order valence-corrected chi connectivity index (χ2v) is 6.96. The number of nitrogens with two attached hydrogens (primary N) is 1. The fourth-order valence-electron chi connectivity index (χ4n) is 2.55. The molecule has 0 saturated carbocycles. The Bertz CT molecular complexity index is 861. The maximum atomic E-state index is 12.8. The van der Waals surface area contributed by atoms with Gasteiger partial charge in [0, 0.05) is 6.42 Å². The first-order valence-corrected chi connectivity index (χ1v) is 9.59. The summed E-state index contributed by atoms with van der Waals surface area (Å²) < 4.78 is 0. The van der Waals surface area contributed by atoms with E-state index >= 15 is 0 Å². The molecule has 0 aromatic heterocycles. The molecule has 4 atom stereocenters. The molecule has 14 heteroatoms. The zero-order valence-electron chi connectivity index (χ0n) is 17.3. The molecule has 1 rings (SSSR count). The number of aromatic hydroxyl groups is 1. The fourth-order valence-corrected chi connectivity index (χ4v) is 2.55. The van der Waals surface area contributed by atoms with Crippen molar-refractivity contribution in [1.29, 1.82) is 0 Å². The molecule has 1 aromatic carbocycles. The van der Waals surface area contributed by atoms with Crippen LogP contribution in [0.3, 0.4) is 0 Å². The predicted molar refractivity (Wildman–Crippen MR) is 110 cm³/mol. The van der Waals surface area contributed by atoms with Crippen molar-refractivity contribution in [2.75, 3.05) is 13.2 Å². The Balaban J connectivity index is 3.09. The second kappa shape index (κ2) is 12.9. The zero-order chi connectivity index (χ0) is 25.1. The summed E-state index contributed by atoms with van der Waals surface area (Å²) in [7, 11) is 0. The number of aliphatic hydroxyl groups excluding tert-OH is 2. The molecule has 1 aromatic rings. The molecule has 0 aliphatic heterocycles. The predicted octanol–water partition coefficient (Wildman–Crippen LogP) is -3.74. The molecule has 0 saturated heterocycles. The quantitative estimate of drug-likeness (QED) is 0.135. The lowest BCUT2D eigenvalue weighted by Gasteiger charge is -2.24. The highest BCUT2D eigenvalue weighted by molar-refractivity contribution is 5.95. The molecule has 3 amide bonds. The van der Waals surface area contributed by atoms with Gasteiger partial charge < -0.3 is 47.2 Å². The van der Waals surface area contributed by atoms with Crippen molar-refractivity contribution >= 4 is 29.7 Å². The minimum absolute atomic E-state index is 0.0545. The lowest BCUT2D eigenvalue weighted by atomic mass is 10.0. The van der Waals surface area contributed by atoms with Gasteiger partial charge in [-0.3, -0.25) is 19.2 Å². The first kappa shape index (κ1) is 27.3. The first-order chi connectivity index (χ1) is 15.5. The number of phenolic OH excluding ortho intramolecular Hbond substituents is 1. The Labute approximate surface area is 187 Å². The maximum absolute atomic E-state index is 12.8. The highest BCUT2D eigenvalue weighted by Crippen LogP contribution is 2.12. The van der Waals surface area contributed by atoms with Gasteiger partial charge in [0.15, 0.2) is 0 Å². The summed E-state index contributed by atoms with van der Waals surface area (Å²) in [5.41, 5.74) is 5.91. The fraction of sp³-hybridized carbons (Fsp3) is 0.421. The molecule has 0 bridgehead atoms. The summed E-state index contributed by atoms with van der Waals surface area (Å²) in [6, 6.07) is -0.659. The Kier molecular flexibility index (Phi) is 10.7. The number of carbonyl (C=O) groups is 5. The van der Waals surface area contributed by atoms with Crippen molar-refractivity contribution in [1.82, 2.24) is 16.0 Å². The van der Waals surface area contributed by atoms with E-state index in [1.165, 1.54) is 24.3 Å². The normalized spacial score (nSPS) is 14.3. The van der Waals surface area contributed by atoms with E-state index in [9.17, 15) is 29.1 Å². The van der Waals surface area contributed by atoms with Crippen LogP contribution in [-0.4, -0.2) is 92.6 Å². The van der Waals surface area contributed by atoms with E-state index < -0.39 is 73.5 Å². The van der Waals surface area contributed by atoms with Gasteiger partial charge in [0.25, 0.3) is 0 Å². The molecular weight excluding hydrogens is 444 g/mol. The Morgan fingerprint density at radius 3 is 1.79 bits per heavy atom. The number of carboxylic acids is 2. The monoisotopic (exact) mass is 470 g/mol. The van der Waals surface area contributed by atoms with Crippen molar-refractivity contribution in [2.24, 2.45) is 5.73 Å². The first-order valence-electron chi connectivity index (χ1n) is 9.59. The van der Waals surface area contributed by atoms with Gasteiger partial charge in [0.1, 0.15) is 29.9 Å². The summed E-state index contributed by atoms with van der Waals surface area (Å²) in [5.74, 6) is -6.22. The average Bonchev–Trinajstić information content (AvgIpc) is 2.76. The van der Waals surface area contributed by atoms with Crippen LogP contribution in [0, 0.1) is 0 Å². The summed E-state index contributed by atoms with van der Waals surface area (Å²) in [6.07, 6.45) is -1.09. The summed E-state index contributed by atoms with van der Waals surface area (Å²) >= 11 is 0. The van der Waals surface area contributed by atoms with Crippen molar-refractivity contribution in [3.05, 3.63) is 29.8 Å². The standard InChI is InChI=1S/C19H26N4O10/c20-11(7-24)16(29)21-12(5-9-1-3-10(26)4-2-9)17(30)22-13(6-15(27)28)18(31)23-14(8-25)19(32)33/h1-4,11-14,24-26H,5-8,20H2,(H,21,29)(H,22,30)(H,23,31)(H,27,28)(H,32,33). The van der Waals surface area contributed by atoms with Crippen LogP contribution >= 0.6 is 0 Å². The summed E-state index contributed by atoms with van der Waals surface area (Å²) in [6.45, 7) is -1.70. The number of aliphatic carboxylic acids is 2. The Hall–Kier alpha value is -3.75. The van der Waals surface area contributed by atoms with Crippen LogP contribution in [0.2, 0.25) is 0 Å². The van der Waals surface area contributed by atoms with Crippen LogP contribution in [0.15, 0.2) is 24.3 Å². The van der Waals surface area contributed by atoms with Gasteiger partial charge in [-0.2, -0.15) is 0 Å². The van der Waals surface area contributed by atoms with Crippen LogP contribution in [0.5, 0.6) is 5.75 Å². The zero-order valence-corrected chi connectivity index (χ0v) is 17.3. The van der Waals surface area contributed by atoms with E-state index in [4.69, 9.17) is 26.2 Å². The molecule has 0 aliphatic carbocycles. The van der Waals surface area contributed by atoms with Gasteiger partial charge in [-0.15, -0.1) is 0 Å². The van der Waals surface area contributed by atoms with Crippen LogP contribution in [-0.2, 0) is 30.4 Å². The van der Waals surface area contributed by atoms with Crippen LogP contribution < -0.4 is 21.7 Å². The maximum Gasteiger partial charge on any atom is 0.328 e. The lowest BCUT2D eigenvalue weighted by molar-refractivity contribution is -0.144. The largest absolute Gasteiger partial charge is 0.508 e.